The maximum atomic E-state index is 11.3. The van der Waals surface area contributed by atoms with Gasteiger partial charge in [0.2, 0.25) is 0 Å². The number of aliphatic hydroxyl groups is 1. The fourth-order valence-electron chi connectivity index (χ4n) is 5.33. The van der Waals surface area contributed by atoms with Gasteiger partial charge in [-0.15, -0.1) is 0 Å². The van der Waals surface area contributed by atoms with E-state index in [1.165, 1.54) is 0 Å². The van der Waals surface area contributed by atoms with Crippen molar-refractivity contribution in [3.05, 3.63) is 41.5 Å². The van der Waals surface area contributed by atoms with Crippen LogP contribution in [0.2, 0.25) is 0 Å². The molecule has 1 saturated heterocycles. The van der Waals surface area contributed by atoms with Crippen LogP contribution in [0.25, 0.3) is 0 Å². The molecule has 1 aromatic carbocycles. The van der Waals surface area contributed by atoms with Gasteiger partial charge in [-0.1, -0.05) is 20.8 Å². The summed E-state index contributed by atoms with van der Waals surface area (Å²) in [7, 11) is 0. The second-order valence-electron chi connectivity index (χ2n) is 8.54. The number of rotatable bonds is 4. The zero-order valence-corrected chi connectivity index (χ0v) is 15.7. The number of nitriles is 1. The summed E-state index contributed by atoms with van der Waals surface area (Å²) in [5.74, 6) is 0.824. The van der Waals surface area contributed by atoms with E-state index in [0.29, 0.717) is 29.9 Å². The van der Waals surface area contributed by atoms with Gasteiger partial charge in [0, 0.05) is 11.8 Å². The average molecular weight is 353 g/mol. The van der Waals surface area contributed by atoms with Gasteiger partial charge in [0.1, 0.15) is 12.4 Å². The Labute approximate surface area is 155 Å². The van der Waals surface area contributed by atoms with Gasteiger partial charge in [-0.2, -0.15) is 5.26 Å². The minimum atomic E-state index is -1.17. The summed E-state index contributed by atoms with van der Waals surface area (Å²) in [5, 5.41) is 20.2. The molecule has 4 nitrogen and oxygen atoms in total. The summed E-state index contributed by atoms with van der Waals surface area (Å²) in [6.07, 6.45) is 5.07. The smallest absolute Gasteiger partial charge is 0.189 e. The number of benzene rings is 1. The molecule has 4 rings (SSSR count). The van der Waals surface area contributed by atoms with Crippen molar-refractivity contribution in [3.8, 4) is 11.8 Å². The molecule has 2 bridgehead atoms. The van der Waals surface area contributed by atoms with Crippen LogP contribution in [-0.4, -0.2) is 23.1 Å². The minimum absolute atomic E-state index is 0.123. The molecular weight excluding hydrogens is 326 g/mol. The van der Waals surface area contributed by atoms with E-state index in [9.17, 15) is 5.11 Å². The predicted octanol–water partition coefficient (Wildman–Crippen LogP) is 4.04. The Kier molecular flexibility index (Phi) is 4.13. The summed E-state index contributed by atoms with van der Waals surface area (Å²) >= 11 is 0. The third kappa shape index (κ3) is 2.57. The third-order valence-corrected chi connectivity index (χ3v) is 6.77. The van der Waals surface area contributed by atoms with Crippen LogP contribution in [0.3, 0.4) is 0 Å². The molecule has 1 unspecified atom stereocenters. The highest BCUT2D eigenvalue weighted by Crippen LogP contribution is 2.62. The van der Waals surface area contributed by atoms with Gasteiger partial charge >= 0.3 is 0 Å². The lowest BCUT2D eigenvalue weighted by molar-refractivity contribution is -0.234. The molecule has 1 saturated carbocycles. The lowest BCUT2D eigenvalue weighted by Gasteiger charge is -2.41. The molecule has 2 fully saturated rings. The molecule has 0 radical (unpaired) electrons. The van der Waals surface area contributed by atoms with Crippen LogP contribution in [0.5, 0.6) is 5.75 Å². The SMILES string of the molecule is CC(C)[C@@H]1C[C@@]23O[C@@]1(O)C=C(COc1ccc(C#N)cc1)C2CC[C@@H]3C. The van der Waals surface area contributed by atoms with Gasteiger partial charge in [0.05, 0.1) is 17.2 Å². The van der Waals surface area contributed by atoms with Crippen molar-refractivity contribution >= 4 is 0 Å². The second-order valence-corrected chi connectivity index (χ2v) is 8.54. The number of nitrogens with zero attached hydrogens (tertiary/aromatic N) is 1. The molecule has 2 heterocycles. The molecule has 26 heavy (non-hydrogen) atoms. The Morgan fingerprint density at radius 3 is 2.69 bits per heavy atom. The van der Waals surface area contributed by atoms with Crippen LogP contribution in [0, 0.1) is 35.0 Å². The van der Waals surface area contributed by atoms with E-state index in [-0.39, 0.29) is 11.5 Å². The predicted molar refractivity (Wildman–Crippen MR) is 98.3 cm³/mol. The van der Waals surface area contributed by atoms with Crippen molar-refractivity contribution in [2.45, 2.75) is 51.4 Å². The Morgan fingerprint density at radius 2 is 2.04 bits per heavy atom. The van der Waals surface area contributed by atoms with Crippen molar-refractivity contribution in [2.75, 3.05) is 6.61 Å². The summed E-state index contributed by atoms with van der Waals surface area (Å²) < 4.78 is 12.4. The van der Waals surface area contributed by atoms with Crippen molar-refractivity contribution < 1.29 is 14.6 Å². The Bertz CT molecular complexity index is 763. The molecule has 138 valence electrons. The van der Waals surface area contributed by atoms with Gasteiger partial charge in [-0.05, 0) is 67.0 Å². The number of ether oxygens (including phenoxy) is 2. The quantitative estimate of drug-likeness (QED) is 0.830. The molecule has 0 amide bonds. The largest absolute Gasteiger partial charge is 0.489 e. The third-order valence-electron chi connectivity index (χ3n) is 6.77. The summed E-state index contributed by atoms with van der Waals surface area (Å²) in [5.41, 5.74) is 1.54. The van der Waals surface area contributed by atoms with Crippen LogP contribution >= 0.6 is 0 Å². The van der Waals surface area contributed by atoms with Crippen molar-refractivity contribution in [3.63, 3.8) is 0 Å². The first-order chi connectivity index (χ1) is 12.4. The maximum absolute atomic E-state index is 11.3. The monoisotopic (exact) mass is 353 g/mol. The van der Waals surface area contributed by atoms with Gasteiger partial charge in [-0.25, -0.2) is 0 Å². The Hall–Kier alpha value is -1.83. The van der Waals surface area contributed by atoms with E-state index in [1.54, 1.807) is 12.1 Å². The normalized spacial score (nSPS) is 38.0. The topological polar surface area (TPSA) is 62.5 Å². The molecule has 1 spiro atoms. The molecular formula is C22H27NO3. The van der Waals surface area contributed by atoms with Crippen LogP contribution < -0.4 is 4.74 Å². The first-order valence-corrected chi connectivity index (χ1v) is 9.65. The highest BCUT2D eigenvalue weighted by molar-refractivity contribution is 5.35. The fourth-order valence-corrected chi connectivity index (χ4v) is 5.33. The van der Waals surface area contributed by atoms with E-state index < -0.39 is 5.79 Å². The van der Waals surface area contributed by atoms with Crippen LogP contribution in [-0.2, 0) is 4.74 Å². The number of hydrogen-bond acceptors (Lipinski definition) is 4. The Balaban J connectivity index is 1.60. The Morgan fingerprint density at radius 1 is 1.31 bits per heavy atom. The maximum Gasteiger partial charge on any atom is 0.189 e. The average Bonchev–Trinajstić information content (AvgIpc) is 3.08. The molecule has 1 aromatic rings. The zero-order chi connectivity index (χ0) is 18.5. The van der Waals surface area contributed by atoms with E-state index in [4.69, 9.17) is 14.7 Å². The molecule has 2 aliphatic heterocycles. The van der Waals surface area contributed by atoms with Crippen LogP contribution in [0.4, 0.5) is 0 Å². The molecule has 5 atom stereocenters. The van der Waals surface area contributed by atoms with Crippen LogP contribution in [0.1, 0.15) is 45.6 Å². The van der Waals surface area contributed by atoms with Gasteiger partial charge in [0.25, 0.3) is 0 Å². The molecule has 0 aromatic heterocycles. The van der Waals surface area contributed by atoms with Gasteiger partial charge < -0.3 is 14.6 Å². The standard InChI is InChI=1S/C22H27NO3/c1-14(2)20-11-21-15(3)4-9-19(21)17(10-22(20,24)26-21)13-25-18-7-5-16(12-23)6-8-18/h5-8,10,14-15,19-20,24H,4,9,11,13H2,1-3H3/t15-,19?,20-,21-,22-/m0/s1. The van der Waals surface area contributed by atoms with Crippen LogP contribution in [0.15, 0.2) is 35.9 Å². The highest BCUT2D eigenvalue weighted by Gasteiger charge is 2.65. The van der Waals surface area contributed by atoms with Crippen molar-refractivity contribution in [1.29, 1.82) is 5.26 Å². The molecule has 4 heteroatoms. The summed E-state index contributed by atoms with van der Waals surface area (Å²) in [6, 6.07) is 9.29. The van der Waals surface area contributed by atoms with E-state index in [1.807, 2.05) is 18.2 Å². The van der Waals surface area contributed by atoms with E-state index >= 15 is 0 Å². The van der Waals surface area contributed by atoms with Crippen molar-refractivity contribution in [2.24, 2.45) is 23.7 Å². The lowest BCUT2D eigenvalue weighted by atomic mass is 9.76. The summed E-state index contributed by atoms with van der Waals surface area (Å²) in [4.78, 5) is 0. The molecule has 1 aliphatic carbocycles. The van der Waals surface area contributed by atoms with Gasteiger partial charge in [-0.3, -0.25) is 0 Å². The minimum Gasteiger partial charge on any atom is -0.489 e. The first-order valence-electron chi connectivity index (χ1n) is 9.65. The first kappa shape index (κ1) is 17.6. The van der Waals surface area contributed by atoms with Gasteiger partial charge in [0.15, 0.2) is 5.79 Å². The molecule has 3 aliphatic rings. The fraction of sp³-hybridized carbons (Fsp3) is 0.591. The van der Waals surface area contributed by atoms with E-state index in [2.05, 4.69) is 26.8 Å². The van der Waals surface area contributed by atoms with E-state index in [0.717, 1.165) is 30.6 Å². The molecule has 1 N–H and O–H groups in total. The number of fused-ring (bicyclic) bond motifs is 1. The van der Waals surface area contributed by atoms with Crippen molar-refractivity contribution in [1.82, 2.24) is 0 Å². The number of hydrogen-bond donors (Lipinski definition) is 1. The second kappa shape index (κ2) is 6.11. The zero-order valence-electron chi connectivity index (χ0n) is 15.7. The lowest BCUT2D eigenvalue weighted by Crippen LogP contribution is -2.47. The highest BCUT2D eigenvalue weighted by atomic mass is 16.6. The summed E-state index contributed by atoms with van der Waals surface area (Å²) in [6.45, 7) is 7.05.